The summed E-state index contributed by atoms with van der Waals surface area (Å²) in [6.07, 6.45) is 0.316. The SMILES string of the molecule is CC[C@@]1(c2ccc(OC)cc2)NC(=O)N(CC(=O)Nc2cccc(C(=O)N(C)C)c2)C1=O. The summed E-state index contributed by atoms with van der Waals surface area (Å²) in [5.41, 5.74) is 0.165. The van der Waals surface area contributed by atoms with Crippen molar-refractivity contribution < 1.29 is 23.9 Å². The summed E-state index contributed by atoms with van der Waals surface area (Å²) in [6, 6.07) is 12.7. The molecule has 0 radical (unpaired) electrons. The largest absolute Gasteiger partial charge is 0.497 e. The van der Waals surface area contributed by atoms with Gasteiger partial charge in [0.05, 0.1) is 7.11 Å². The van der Waals surface area contributed by atoms with Crippen LogP contribution < -0.4 is 15.4 Å². The number of anilines is 1. The molecule has 9 nitrogen and oxygen atoms in total. The quantitative estimate of drug-likeness (QED) is 0.645. The van der Waals surface area contributed by atoms with Crippen molar-refractivity contribution in [2.45, 2.75) is 18.9 Å². The van der Waals surface area contributed by atoms with Crippen molar-refractivity contribution >= 4 is 29.4 Å². The lowest BCUT2D eigenvalue weighted by Gasteiger charge is -2.26. The van der Waals surface area contributed by atoms with Crippen molar-refractivity contribution in [3.8, 4) is 5.75 Å². The Kier molecular flexibility index (Phi) is 6.47. The highest BCUT2D eigenvalue weighted by Gasteiger charge is 2.51. The van der Waals surface area contributed by atoms with Gasteiger partial charge in [0.2, 0.25) is 5.91 Å². The molecule has 0 aliphatic carbocycles. The van der Waals surface area contributed by atoms with Gasteiger partial charge in [0.25, 0.3) is 11.8 Å². The van der Waals surface area contributed by atoms with Crippen molar-refractivity contribution in [3.05, 3.63) is 59.7 Å². The van der Waals surface area contributed by atoms with Crippen LogP contribution in [-0.2, 0) is 15.1 Å². The maximum Gasteiger partial charge on any atom is 0.325 e. The molecule has 32 heavy (non-hydrogen) atoms. The Morgan fingerprint density at radius 3 is 2.41 bits per heavy atom. The van der Waals surface area contributed by atoms with E-state index in [1.165, 1.54) is 4.90 Å². The van der Waals surface area contributed by atoms with Gasteiger partial charge < -0.3 is 20.3 Å². The van der Waals surface area contributed by atoms with E-state index in [1.54, 1.807) is 76.7 Å². The third kappa shape index (κ3) is 4.27. The molecule has 1 aliphatic rings. The van der Waals surface area contributed by atoms with Gasteiger partial charge >= 0.3 is 6.03 Å². The molecule has 1 heterocycles. The second-order valence-corrected chi connectivity index (χ2v) is 7.64. The summed E-state index contributed by atoms with van der Waals surface area (Å²) in [4.78, 5) is 52.9. The average Bonchev–Trinajstić information content (AvgIpc) is 3.03. The first-order valence-electron chi connectivity index (χ1n) is 10.1. The number of urea groups is 1. The molecular formula is C23H26N4O5. The molecule has 0 spiro atoms. The van der Waals surface area contributed by atoms with Crippen LogP contribution >= 0.6 is 0 Å². The summed E-state index contributed by atoms with van der Waals surface area (Å²) in [7, 11) is 4.81. The van der Waals surface area contributed by atoms with Gasteiger partial charge in [-0.1, -0.05) is 25.1 Å². The van der Waals surface area contributed by atoms with Crippen LogP contribution in [0.5, 0.6) is 5.75 Å². The highest BCUT2D eigenvalue weighted by Crippen LogP contribution is 2.33. The Labute approximate surface area is 186 Å². The van der Waals surface area contributed by atoms with Gasteiger partial charge in [-0.3, -0.25) is 19.3 Å². The number of nitrogens with one attached hydrogen (secondary N) is 2. The van der Waals surface area contributed by atoms with Gasteiger partial charge in [-0.05, 0) is 42.3 Å². The van der Waals surface area contributed by atoms with Crippen molar-refractivity contribution in [1.82, 2.24) is 15.1 Å². The van der Waals surface area contributed by atoms with Gasteiger partial charge in [0.1, 0.15) is 17.8 Å². The monoisotopic (exact) mass is 438 g/mol. The Morgan fingerprint density at radius 1 is 1.12 bits per heavy atom. The van der Waals surface area contributed by atoms with Crippen LogP contribution in [0.15, 0.2) is 48.5 Å². The van der Waals surface area contributed by atoms with E-state index < -0.39 is 29.9 Å². The number of methoxy groups -OCH3 is 1. The summed E-state index contributed by atoms with van der Waals surface area (Å²) in [6.45, 7) is 1.34. The van der Waals surface area contributed by atoms with E-state index in [2.05, 4.69) is 10.6 Å². The van der Waals surface area contributed by atoms with E-state index in [1.807, 2.05) is 0 Å². The zero-order chi connectivity index (χ0) is 23.5. The fraction of sp³-hybridized carbons (Fsp3) is 0.304. The molecular weight excluding hydrogens is 412 g/mol. The molecule has 0 saturated carbocycles. The maximum atomic E-state index is 13.2. The third-order valence-electron chi connectivity index (χ3n) is 5.39. The number of ether oxygens (including phenoxy) is 1. The van der Waals surface area contributed by atoms with Crippen LogP contribution in [0, 0.1) is 0 Å². The van der Waals surface area contributed by atoms with E-state index in [-0.39, 0.29) is 5.91 Å². The number of imide groups is 1. The molecule has 2 N–H and O–H groups in total. The minimum absolute atomic E-state index is 0.206. The fourth-order valence-corrected chi connectivity index (χ4v) is 3.62. The third-order valence-corrected chi connectivity index (χ3v) is 5.39. The van der Waals surface area contributed by atoms with Crippen LogP contribution in [0.25, 0.3) is 0 Å². The number of carbonyl (C=O) groups excluding carboxylic acids is 4. The number of amides is 5. The predicted molar refractivity (Wildman–Crippen MR) is 118 cm³/mol. The maximum absolute atomic E-state index is 13.2. The minimum Gasteiger partial charge on any atom is -0.497 e. The van der Waals surface area contributed by atoms with E-state index in [9.17, 15) is 19.2 Å². The molecule has 2 aromatic rings. The second-order valence-electron chi connectivity index (χ2n) is 7.64. The molecule has 3 rings (SSSR count). The highest BCUT2D eigenvalue weighted by atomic mass is 16.5. The van der Waals surface area contributed by atoms with Gasteiger partial charge in [0, 0.05) is 25.3 Å². The lowest BCUT2D eigenvalue weighted by atomic mass is 9.87. The Morgan fingerprint density at radius 2 is 1.81 bits per heavy atom. The zero-order valence-corrected chi connectivity index (χ0v) is 18.5. The first-order chi connectivity index (χ1) is 15.2. The predicted octanol–water partition coefficient (Wildman–Crippen LogP) is 2.19. The molecule has 1 aliphatic heterocycles. The Bertz CT molecular complexity index is 1050. The summed E-state index contributed by atoms with van der Waals surface area (Å²) in [5.74, 6) is -0.628. The van der Waals surface area contributed by atoms with E-state index in [4.69, 9.17) is 4.74 Å². The molecule has 168 valence electrons. The first kappa shape index (κ1) is 22.8. The van der Waals surface area contributed by atoms with Crippen LogP contribution in [0.1, 0.15) is 29.3 Å². The number of rotatable bonds is 7. The molecule has 2 aromatic carbocycles. The van der Waals surface area contributed by atoms with Gasteiger partial charge in [-0.2, -0.15) is 0 Å². The normalized spacial score (nSPS) is 17.7. The highest BCUT2D eigenvalue weighted by molar-refractivity contribution is 6.10. The molecule has 1 saturated heterocycles. The number of hydrogen-bond acceptors (Lipinski definition) is 5. The van der Waals surface area contributed by atoms with E-state index >= 15 is 0 Å². The van der Waals surface area contributed by atoms with Crippen LogP contribution in [0.3, 0.4) is 0 Å². The smallest absolute Gasteiger partial charge is 0.325 e. The second kappa shape index (κ2) is 9.09. The summed E-state index contributed by atoms with van der Waals surface area (Å²) in [5, 5.41) is 5.39. The van der Waals surface area contributed by atoms with Crippen LogP contribution in [0.4, 0.5) is 10.5 Å². The minimum atomic E-state index is -1.25. The number of hydrogen-bond donors (Lipinski definition) is 2. The van der Waals surface area contributed by atoms with Crippen molar-refractivity contribution in [3.63, 3.8) is 0 Å². The van der Waals surface area contributed by atoms with Crippen molar-refractivity contribution in [1.29, 1.82) is 0 Å². The topological polar surface area (TPSA) is 108 Å². The molecule has 0 aromatic heterocycles. The Hall–Kier alpha value is -3.88. The first-order valence-corrected chi connectivity index (χ1v) is 10.1. The summed E-state index contributed by atoms with van der Waals surface area (Å²) >= 11 is 0. The standard InChI is InChI=1S/C23H26N4O5/c1-5-23(16-9-11-18(32-4)12-10-16)21(30)27(22(31)25-23)14-19(28)24-17-8-6-7-15(13-17)20(29)26(2)3/h6-13H,5,14H2,1-4H3,(H,24,28)(H,25,31)/t23-/m0/s1. The molecule has 9 heteroatoms. The van der Waals surface area contributed by atoms with Crippen molar-refractivity contribution in [2.24, 2.45) is 0 Å². The molecule has 0 bridgehead atoms. The molecule has 1 atom stereocenters. The zero-order valence-electron chi connectivity index (χ0n) is 18.5. The number of nitrogens with zero attached hydrogens (tertiary/aromatic N) is 2. The van der Waals surface area contributed by atoms with Gasteiger partial charge in [-0.25, -0.2) is 4.79 Å². The molecule has 1 fully saturated rings. The van der Waals surface area contributed by atoms with Crippen molar-refractivity contribution in [2.75, 3.05) is 33.1 Å². The average molecular weight is 438 g/mol. The summed E-state index contributed by atoms with van der Waals surface area (Å²) < 4.78 is 5.15. The number of benzene rings is 2. The fourth-order valence-electron chi connectivity index (χ4n) is 3.62. The van der Waals surface area contributed by atoms with Gasteiger partial charge in [0.15, 0.2) is 0 Å². The lowest BCUT2D eigenvalue weighted by molar-refractivity contribution is -0.134. The Balaban J connectivity index is 1.75. The number of carbonyl (C=O) groups is 4. The molecule has 0 unspecified atom stereocenters. The lowest BCUT2D eigenvalue weighted by Crippen LogP contribution is -2.44. The van der Waals surface area contributed by atoms with E-state index in [0.717, 1.165) is 4.90 Å². The van der Waals surface area contributed by atoms with E-state index in [0.29, 0.717) is 29.0 Å². The van der Waals surface area contributed by atoms with Gasteiger partial charge in [-0.15, -0.1) is 0 Å². The molecule has 5 amide bonds. The van der Waals surface area contributed by atoms with Crippen LogP contribution in [0.2, 0.25) is 0 Å². The van der Waals surface area contributed by atoms with Crippen LogP contribution in [-0.4, -0.2) is 61.3 Å².